The molecule has 0 unspecified atom stereocenters. The summed E-state index contributed by atoms with van der Waals surface area (Å²) in [5.74, 6) is -4.11. The van der Waals surface area contributed by atoms with Crippen molar-refractivity contribution in [2.45, 2.75) is 13.0 Å². The molecule has 3 rings (SSSR count). The molecular formula is C19H12ClF2NO5. The van der Waals surface area contributed by atoms with Crippen LogP contribution in [-0.4, -0.2) is 18.0 Å². The van der Waals surface area contributed by atoms with Gasteiger partial charge in [0.1, 0.15) is 17.2 Å². The van der Waals surface area contributed by atoms with Crippen molar-refractivity contribution >= 4 is 40.1 Å². The number of hydrogen-bond donors (Lipinski definition) is 1. The second-order valence-electron chi connectivity index (χ2n) is 5.78. The SMILES string of the molecule is C[C@@H](OC(=O)c1cc(=O)c2cc(Cl)ccc2o1)C(=O)Nc1ccc(F)cc1F. The molecule has 0 radical (unpaired) electrons. The molecule has 0 spiro atoms. The van der Waals surface area contributed by atoms with Crippen LogP contribution in [0.15, 0.2) is 51.7 Å². The summed E-state index contributed by atoms with van der Waals surface area (Å²) in [7, 11) is 0. The topological polar surface area (TPSA) is 85.6 Å². The van der Waals surface area contributed by atoms with Gasteiger partial charge in [0.2, 0.25) is 5.76 Å². The van der Waals surface area contributed by atoms with Crippen molar-refractivity contribution in [3.63, 3.8) is 0 Å². The van der Waals surface area contributed by atoms with Crippen molar-refractivity contribution in [3.05, 3.63) is 75.1 Å². The highest BCUT2D eigenvalue weighted by Gasteiger charge is 2.22. The van der Waals surface area contributed by atoms with E-state index in [0.29, 0.717) is 11.1 Å². The number of halogens is 3. The van der Waals surface area contributed by atoms with Gasteiger partial charge in [-0.2, -0.15) is 0 Å². The molecule has 0 saturated carbocycles. The highest BCUT2D eigenvalue weighted by molar-refractivity contribution is 6.31. The summed E-state index contributed by atoms with van der Waals surface area (Å²) in [6.07, 6.45) is -1.34. The van der Waals surface area contributed by atoms with Crippen LogP contribution in [0.25, 0.3) is 11.0 Å². The minimum absolute atomic E-state index is 0.120. The van der Waals surface area contributed by atoms with Crippen molar-refractivity contribution in [2.75, 3.05) is 5.32 Å². The highest BCUT2D eigenvalue weighted by Crippen LogP contribution is 2.19. The van der Waals surface area contributed by atoms with Crippen molar-refractivity contribution in [1.29, 1.82) is 0 Å². The second-order valence-corrected chi connectivity index (χ2v) is 6.21. The first-order valence-electron chi connectivity index (χ1n) is 7.95. The first kappa shape index (κ1) is 19.5. The summed E-state index contributed by atoms with van der Waals surface area (Å²) in [6.45, 7) is 1.24. The van der Waals surface area contributed by atoms with E-state index in [1.54, 1.807) is 0 Å². The summed E-state index contributed by atoms with van der Waals surface area (Å²) in [5, 5.41) is 2.69. The average molecular weight is 408 g/mol. The number of amides is 1. The lowest BCUT2D eigenvalue weighted by Gasteiger charge is -2.13. The van der Waals surface area contributed by atoms with E-state index in [1.165, 1.54) is 25.1 Å². The Morgan fingerprint density at radius 1 is 1.14 bits per heavy atom. The van der Waals surface area contributed by atoms with Gasteiger partial charge in [-0.3, -0.25) is 9.59 Å². The minimum atomic E-state index is -1.34. The molecular weight excluding hydrogens is 396 g/mol. The Kier molecular flexibility index (Phi) is 5.41. The molecule has 9 heteroatoms. The number of nitrogens with one attached hydrogen (secondary N) is 1. The standard InChI is InChI=1S/C19H12ClF2NO5/c1-9(18(25)23-14-4-3-11(21)7-13(14)22)27-19(26)17-8-15(24)12-6-10(20)2-5-16(12)28-17/h2-9H,1H3,(H,23,25)/t9-/m1/s1. The van der Waals surface area contributed by atoms with Gasteiger partial charge in [0, 0.05) is 17.2 Å². The lowest BCUT2D eigenvalue weighted by Crippen LogP contribution is -2.30. The molecule has 1 heterocycles. The maximum atomic E-state index is 13.6. The molecule has 1 atom stereocenters. The zero-order valence-corrected chi connectivity index (χ0v) is 15.0. The largest absolute Gasteiger partial charge is 0.449 e. The van der Waals surface area contributed by atoms with Gasteiger partial charge in [0.25, 0.3) is 5.91 Å². The normalized spacial score (nSPS) is 11.9. The van der Waals surface area contributed by atoms with Gasteiger partial charge in [-0.05, 0) is 37.3 Å². The highest BCUT2D eigenvalue weighted by atomic mass is 35.5. The van der Waals surface area contributed by atoms with Crippen LogP contribution in [-0.2, 0) is 9.53 Å². The van der Waals surface area contributed by atoms with Crippen molar-refractivity contribution in [1.82, 2.24) is 0 Å². The van der Waals surface area contributed by atoms with E-state index in [-0.39, 0.29) is 16.7 Å². The average Bonchev–Trinajstić information content (AvgIpc) is 2.64. The molecule has 1 aromatic heterocycles. The predicted octanol–water partition coefficient (Wildman–Crippen LogP) is 3.91. The van der Waals surface area contributed by atoms with Crippen molar-refractivity contribution in [2.24, 2.45) is 0 Å². The summed E-state index contributed by atoms with van der Waals surface area (Å²) < 4.78 is 36.8. The quantitative estimate of drug-likeness (QED) is 0.663. The maximum absolute atomic E-state index is 13.6. The molecule has 0 aliphatic rings. The minimum Gasteiger partial charge on any atom is -0.449 e. The van der Waals surface area contributed by atoms with Crippen LogP contribution < -0.4 is 10.7 Å². The monoisotopic (exact) mass is 407 g/mol. The molecule has 144 valence electrons. The van der Waals surface area contributed by atoms with Crippen LogP contribution in [0.3, 0.4) is 0 Å². The van der Waals surface area contributed by atoms with E-state index in [9.17, 15) is 23.2 Å². The third-order valence-corrected chi connectivity index (χ3v) is 3.97. The number of anilines is 1. The molecule has 0 saturated heterocycles. The van der Waals surface area contributed by atoms with E-state index in [2.05, 4.69) is 5.32 Å². The smallest absolute Gasteiger partial charge is 0.375 e. The number of carbonyl (C=O) groups excluding carboxylic acids is 2. The Labute approximate surface area is 161 Å². The van der Waals surface area contributed by atoms with Gasteiger partial charge >= 0.3 is 5.97 Å². The Balaban J connectivity index is 1.74. The van der Waals surface area contributed by atoms with Gasteiger partial charge < -0.3 is 14.5 Å². The van der Waals surface area contributed by atoms with Crippen molar-refractivity contribution in [3.8, 4) is 0 Å². The Morgan fingerprint density at radius 2 is 1.89 bits per heavy atom. The number of benzene rings is 2. The number of esters is 1. The van der Waals surface area contributed by atoms with E-state index in [0.717, 1.165) is 18.2 Å². The van der Waals surface area contributed by atoms with Gasteiger partial charge in [0.05, 0.1) is 11.1 Å². The molecule has 0 aliphatic heterocycles. The summed E-state index contributed by atoms with van der Waals surface area (Å²) in [5.41, 5.74) is -0.668. The summed E-state index contributed by atoms with van der Waals surface area (Å²) in [6, 6.07) is 7.81. The van der Waals surface area contributed by atoms with E-state index in [4.69, 9.17) is 20.8 Å². The molecule has 1 amide bonds. The molecule has 0 fully saturated rings. The third kappa shape index (κ3) is 4.17. The number of hydrogen-bond acceptors (Lipinski definition) is 5. The molecule has 0 aliphatic carbocycles. The fourth-order valence-electron chi connectivity index (χ4n) is 2.33. The van der Waals surface area contributed by atoms with Crippen LogP contribution >= 0.6 is 11.6 Å². The summed E-state index contributed by atoms with van der Waals surface area (Å²) in [4.78, 5) is 36.4. The first-order valence-corrected chi connectivity index (χ1v) is 8.32. The van der Waals surface area contributed by atoms with Crippen LogP contribution in [0.5, 0.6) is 0 Å². The van der Waals surface area contributed by atoms with Crippen LogP contribution in [0.4, 0.5) is 14.5 Å². The molecule has 1 N–H and O–H groups in total. The zero-order chi connectivity index (χ0) is 20.4. The van der Waals surface area contributed by atoms with Gasteiger partial charge in [-0.1, -0.05) is 11.6 Å². The molecule has 0 bridgehead atoms. The van der Waals surface area contributed by atoms with Crippen LogP contribution in [0.2, 0.25) is 5.02 Å². The Hall–Kier alpha value is -3.26. The van der Waals surface area contributed by atoms with Crippen LogP contribution in [0, 0.1) is 11.6 Å². The number of rotatable bonds is 4. The Morgan fingerprint density at radius 3 is 2.61 bits per heavy atom. The van der Waals surface area contributed by atoms with E-state index in [1.807, 2.05) is 0 Å². The lowest BCUT2D eigenvalue weighted by atomic mass is 10.2. The van der Waals surface area contributed by atoms with E-state index >= 15 is 0 Å². The molecule has 2 aromatic carbocycles. The fraction of sp³-hybridized carbons (Fsp3) is 0.105. The molecule has 28 heavy (non-hydrogen) atoms. The fourth-order valence-corrected chi connectivity index (χ4v) is 2.50. The predicted molar refractivity (Wildman–Crippen MR) is 97.4 cm³/mol. The van der Waals surface area contributed by atoms with Crippen molar-refractivity contribution < 1.29 is 27.5 Å². The molecule has 3 aromatic rings. The number of fused-ring (bicyclic) bond motifs is 1. The first-order chi connectivity index (χ1) is 13.2. The summed E-state index contributed by atoms with van der Waals surface area (Å²) >= 11 is 5.82. The third-order valence-electron chi connectivity index (χ3n) is 3.73. The van der Waals surface area contributed by atoms with Gasteiger partial charge in [-0.15, -0.1) is 0 Å². The Bertz CT molecular complexity index is 1140. The zero-order valence-electron chi connectivity index (χ0n) is 14.3. The van der Waals surface area contributed by atoms with Gasteiger partial charge in [0.15, 0.2) is 11.5 Å². The number of carbonyl (C=O) groups is 2. The maximum Gasteiger partial charge on any atom is 0.375 e. The van der Waals surface area contributed by atoms with Crippen LogP contribution in [0.1, 0.15) is 17.5 Å². The lowest BCUT2D eigenvalue weighted by molar-refractivity contribution is -0.123. The van der Waals surface area contributed by atoms with Gasteiger partial charge in [-0.25, -0.2) is 13.6 Å². The molecule has 6 nitrogen and oxygen atoms in total. The number of ether oxygens (including phenoxy) is 1. The van der Waals surface area contributed by atoms with E-state index < -0.39 is 40.8 Å². The second kappa shape index (κ2) is 7.77.